The molecule has 0 aliphatic rings. The number of benzene rings is 2. The van der Waals surface area contributed by atoms with E-state index in [2.05, 4.69) is 50.4 Å². The van der Waals surface area contributed by atoms with Gasteiger partial charge in [-0.1, -0.05) is 57.2 Å². The van der Waals surface area contributed by atoms with E-state index in [0.717, 1.165) is 24.8 Å². The van der Waals surface area contributed by atoms with Gasteiger partial charge in [0.2, 0.25) is 5.91 Å². The van der Waals surface area contributed by atoms with Crippen molar-refractivity contribution in [1.29, 1.82) is 0 Å². The van der Waals surface area contributed by atoms with Gasteiger partial charge in [-0.05, 0) is 53.5 Å². The van der Waals surface area contributed by atoms with Crippen LogP contribution in [0.1, 0.15) is 50.3 Å². The Balaban J connectivity index is 1.66. The summed E-state index contributed by atoms with van der Waals surface area (Å²) in [7, 11) is 0. The summed E-state index contributed by atoms with van der Waals surface area (Å²) in [4.78, 5) is 11.9. The molecule has 0 fully saturated rings. The van der Waals surface area contributed by atoms with E-state index in [1.807, 2.05) is 0 Å². The molecule has 0 aliphatic heterocycles. The second-order valence-electron chi connectivity index (χ2n) is 7.53. The van der Waals surface area contributed by atoms with Crippen molar-refractivity contribution < 1.29 is 9.18 Å². The third kappa shape index (κ3) is 6.69. The fraction of sp³-hybridized carbons (Fsp3) is 0.409. The van der Waals surface area contributed by atoms with Crippen LogP contribution >= 0.6 is 0 Å². The Morgan fingerprint density at radius 3 is 2.08 bits per heavy atom. The van der Waals surface area contributed by atoms with E-state index in [0.29, 0.717) is 13.0 Å². The molecule has 0 aromatic heterocycles. The molecule has 0 bridgehead atoms. The van der Waals surface area contributed by atoms with E-state index >= 15 is 0 Å². The first-order valence-corrected chi connectivity index (χ1v) is 8.95. The lowest BCUT2D eigenvalue weighted by molar-refractivity contribution is -0.121. The van der Waals surface area contributed by atoms with Gasteiger partial charge in [-0.25, -0.2) is 4.39 Å². The van der Waals surface area contributed by atoms with Gasteiger partial charge in [-0.15, -0.1) is 0 Å². The van der Waals surface area contributed by atoms with Crippen LogP contribution in [-0.2, 0) is 23.1 Å². The largest absolute Gasteiger partial charge is 0.356 e. The third-order valence-corrected chi connectivity index (χ3v) is 4.34. The molecule has 0 saturated heterocycles. The Kier molecular flexibility index (Phi) is 6.74. The summed E-state index contributed by atoms with van der Waals surface area (Å²) < 4.78 is 12.8. The highest BCUT2D eigenvalue weighted by Crippen LogP contribution is 2.22. The van der Waals surface area contributed by atoms with Gasteiger partial charge in [-0.3, -0.25) is 4.79 Å². The predicted molar refractivity (Wildman–Crippen MR) is 101 cm³/mol. The Hall–Kier alpha value is -2.16. The van der Waals surface area contributed by atoms with Crippen molar-refractivity contribution in [2.24, 2.45) is 0 Å². The van der Waals surface area contributed by atoms with Crippen molar-refractivity contribution in [2.75, 3.05) is 6.54 Å². The van der Waals surface area contributed by atoms with Crippen LogP contribution in [-0.4, -0.2) is 12.5 Å². The number of rotatable bonds is 7. The van der Waals surface area contributed by atoms with E-state index in [4.69, 9.17) is 0 Å². The molecule has 0 aliphatic carbocycles. The van der Waals surface area contributed by atoms with Gasteiger partial charge in [0.25, 0.3) is 0 Å². The normalized spacial score (nSPS) is 11.4. The summed E-state index contributed by atoms with van der Waals surface area (Å²) in [5.74, 6) is -0.133. The average Bonchev–Trinajstić information content (AvgIpc) is 2.58. The molecule has 1 N–H and O–H groups in total. The van der Waals surface area contributed by atoms with E-state index < -0.39 is 0 Å². The monoisotopic (exact) mass is 341 g/mol. The second-order valence-corrected chi connectivity index (χ2v) is 7.53. The maximum Gasteiger partial charge on any atom is 0.220 e. The molecule has 2 aromatic carbocycles. The highest BCUT2D eigenvalue weighted by molar-refractivity contribution is 5.76. The zero-order valence-electron chi connectivity index (χ0n) is 15.4. The van der Waals surface area contributed by atoms with Crippen molar-refractivity contribution in [1.82, 2.24) is 5.32 Å². The molecular formula is C22H28FNO. The summed E-state index contributed by atoms with van der Waals surface area (Å²) in [6.45, 7) is 7.24. The first-order valence-electron chi connectivity index (χ1n) is 8.95. The molecule has 0 saturated carbocycles. The first kappa shape index (κ1) is 19.2. The average molecular weight is 341 g/mol. The standard InChI is InChI=1S/C22H28FNO/c1-22(2,3)19-11-6-18(7-12-19)10-15-21(25)24-16-4-5-17-8-13-20(23)14-9-17/h6-9,11-14H,4-5,10,15-16H2,1-3H3,(H,24,25). The van der Waals surface area contributed by atoms with Crippen LogP contribution in [0.3, 0.4) is 0 Å². The van der Waals surface area contributed by atoms with Gasteiger partial charge in [0.1, 0.15) is 5.82 Å². The van der Waals surface area contributed by atoms with Crippen molar-refractivity contribution in [3.63, 3.8) is 0 Å². The minimum atomic E-state index is -0.215. The number of halogens is 1. The molecule has 0 atom stereocenters. The molecule has 134 valence electrons. The van der Waals surface area contributed by atoms with Gasteiger partial charge in [0.15, 0.2) is 0 Å². The maximum atomic E-state index is 12.8. The van der Waals surface area contributed by atoms with Crippen LogP contribution in [0.4, 0.5) is 4.39 Å². The highest BCUT2D eigenvalue weighted by Gasteiger charge is 2.12. The molecule has 1 amide bonds. The molecule has 2 nitrogen and oxygen atoms in total. The van der Waals surface area contributed by atoms with E-state index in [1.165, 1.54) is 23.3 Å². The van der Waals surface area contributed by atoms with E-state index in [9.17, 15) is 9.18 Å². The Morgan fingerprint density at radius 1 is 0.920 bits per heavy atom. The maximum absolute atomic E-state index is 12.8. The van der Waals surface area contributed by atoms with Crippen LogP contribution in [0.2, 0.25) is 0 Å². The smallest absolute Gasteiger partial charge is 0.220 e. The van der Waals surface area contributed by atoms with Crippen LogP contribution in [0.25, 0.3) is 0 Å². The predicted octanol–water partition coefficient (Wildman–Crippen LogP) is 4.80. The fourth-order valence-electron chi connectivity index (χ4n) is 2.69. The van der Waals surface area contributed by atoms with Gasteiger partial charge < -0.3 is 5.32 Å². The Labute approximate surface area is 150 Å². The SMILES string of the molecule is CC(C)(C)c1ccc(CCC(=O)NCCCc2ccc(F)cc2)cc1. The Morgan fingerprint density at radius 2 is 1.48 bits per heavy atom. The lowest BCUT2D eigenvalue weighted by Gasteiger charge is -2.19. The van der Waals surface area contributed by atoms with Crippen LogP contribution in [0.5, 0.6) is 0 Å². The van der Waals surface area contributed by atoms with E-state index in [1.54, 1.807) is 12.1 Å². The number of hydrogen-bond donors (Lipinski definition) is 1. The van der Waals surface area contributed by atoms with Crippen LogP contribution in [0, 0.1) is 5.82 Å². The van der Waals surface area contributed by atoms with Crippen molar-refractivity contribution in [3.05, 3.63) is 71.0 Å². The topological polar surface area (TPSA) is 29.1 Å². The number of hydrogen-bond acceptors (Lipinski definition) is 1. The molecule has 3 heteroatoms. The molecule has 0 heterocycles. The number of amides is 1. The van der Waals surface area contributed by atoms with Gasteiger partial charge in [0.05, 0.1) is 0 Å². The van der Waals surface area contributed by atoms with Crippen molar-refractivity contribution >= 4 is 5.91 Å². The zero-order chi connectivity index (χ0) is 18.3. The minimum absolute atomic E-state index is 0.0824. The van der Waals surface area contributed by atoms with Crippen LogP contribution < -0.4 is 5.32 Å². The van der Waals surface area contributed by atoms with Crippen molar-refractivity contribution in [2.45, 2.75) is 51.9 Å². The van der Waals surface area contributed by atoms with Crippen molar-refractivity contribution in [3.8, 4) is 0 Å². The quantitative estimate of drug-likeness (QED) is 0.720. The van der Waals surface area contributed by atoms with Crippen LogP contribution in [0.15, 0.2) is 48.5 Å². The lowest BCUT2D eigenvalue weighted by atomic mass is 9.86. The summed E-state index contributed by atoms with van der Waals surface area (Å²) >= 11 is 0. The summed E-state index contributed by atoms with van der Waals surface area (Å²) in [5, 5.41) is 2.96. The van der Waals surface area contributed by atoms with Gasteiger partial charge in [-0.2, -0.15) is 0 Å². The third-order valence-electron chi connectivity index (χ3n) is 4.34. The Bertz CT molecular complexity index is 669. The fourth-order valence-corrected chi connectivity index (χ4v) is 2.69. The summed E-state index contributed by atoms with van der Waals surface area (Å²) in [5.41, 5.74) is 3.74. The number of nitrogens with one attached hydrogen (secondary N) is 1. The number of aryl methyl sites for hydroxylation is 2. The molecule has 0 unspecified atom stereocenters. The number of carbonyl (C=O) groups is 1. The number of carbonyl (C=O) groups excluding carboxylic acids is 1. The minimum Gasteiger partial charge on any atom is -0.356 e. The van der Waals surface area contributed by atoms with E-state index in [-0.39, 0.29) is 17.1 Å². The molecular weight excluding hydrogens is 313 g/mol. The molecule has 25 heavy (non-hydrogen) atoms. The molecule has 2 rings (SSSR count). The summed E-state index contributed by atoms with van der Waals surface area (Å²) in [6, 6.07) is 15.0. The zero-order valence-corrected chi connectivity index (χ0v) is 15.4. The van der Waals surface area contributed by atoms with Gasteiger partial charge >= 0.3 is 0 Å². The second kappa shape index (κ2) is 8.80. The van der Waals surface area contributed by atoms with Gasteiger partial charge in [0, 0.05) is 13.0 Å². The molecule has 0 spiro atoms. The summed E-state index contributed by atoms with van der Waals surface area (Å²) in [6.07, 6.45) is 2.96. The lowest BCUT2D eigenvalue weighted by Crippen LogP contribution is -2.25. The highest BCUT2D eigenvalue weighted by atomic mass is 19.1. The first-order chi connectivity index (χ1) is 11.8. The molecule has 0 radical (unpaired) electrons. The molecule has 2 aromatic rings.